The highest BCUT2D eigenvalue weighted by molar-refractivity contribution is 5.96. The van der Waals surface area contributed by atoms with Crippen molar-refractivity contribution in [1.29, 1.82) is 0 Å². The molecule has 3 heterocycles. The molecule has 1 aliphatic carbocycles. The molecule has 2 saturated heterocycles. The summed E-state index contributed by atoms with van der Waals surface area (Å²) >= 11 is 0. The summed E-state index contributed by atoms with van der Waals surface area (Å²) in [6, 6.07) is 10.2. The van der Waals surface area contributed by atoms with Gasteiger partial charge >= 0.3 is 0 Å². The summed E-state index contributed by atoms with van der Waals surface area (Å²) in [7, 11) is 2.07. The lowest BCUT2D eigenvalue weighted by Gasteiger charge is -2.55. The topological polar surface area (TPSA) is 69.6 Å². The highest BCUT2D eigenvalue weighted by atomic mass is 16.3. The molecule has 6 heteroatoms. The second-order valence-corrected chi connectivity index (χ2v) is 10.7. The van der Waals surface area contributed by atoms with Gasteiger partial charge in [0.2, 0.25) is 5.91 Å². The molecular formula is C25H32N4O2. The number of hydrogen-bond acceptors (Lipinski definition) is 5. The lowest BCUT2D eigenvalue weighted by Crippen LogP contribution is -2.63. The Labute approximate surface area is 184 Å². The van der Waals surface area contributed by atoms with E-state index in [4.69, 9.17) is 0 Å². The highest BCUT2D eigenvalue weighted by Gasteiger charge is 2.56. The first-order valence-corrected chi connectivity index (χ1v) is 11.3. The Hall–Kier alpha value is -2.31. The van der Waals surface area contributed by atoms with Gasteiger partial charge in [0.1, 0.15) is 5.60 Å². The van der Waals surface area contributed by atoms with Crippen LogP contribution >= 0.6 is 0 Å². The second kappa shape index (κ2) is 6.84. The number of anilines is 1. The first kappa shape index (κ1) is 20.6. The summed E-state index contributed by atoms with van der Waals surface area (Å²) in [4.78, 5) is 16.6. The van der Waals surface area contributed by atoms with Gasteiger partial charge < -0.3 is 10.0 Å². The van der Waals surface area contributed by atoms with E-state index in [1.807, 2.05) is 18.2 Å². The van der Waals surface area contributed by atoms with E-state index >= 15 is 0 Å². The molecule has 164 valence electrons. The van der Waals surface area contributed by atoms with E-state index in [0.717, 1.165) is 31.5 Å². The molecule has 1 atom stereocenters. The Balaban J connectivity index is 1.57. The lowest BCUT2D eigenvalue weighted by molar-refractivity contribution is -0.127. The van der Waals surface area contributed by atoms with Crippen LogP contribution in [0.2, 0.25) is 0 Å². The number of amides is 1. The van der Waals surface area contributed by atoms with Gasteiger partial charge in [-0.3, -0.25) is 9.69 Å². The molecule has 3 fully saturated rings. The van der Waals surface area contributed by atoms with Crippen LogP contribution in [0.5, 0.6) is 0 Å². The van der Waals surface area contributed by atoms with Gasteiger partial charge in [-0.2, -0.15) is 5.10 Å². The van der Waals surface area contributed by atoms with Crippen molar-refractivity contribution in [1.82, 2.24) is 15.1 Å². The Morgan fingerprint density at radius 3 is 2.32 bits per heavy atom. The molecule has 1 N–H and O–H groups in total. The molecular weight excluding hydrogens is 388 g/mol. The van der Waals surface area contributed by atoms with Gasteiger partial charge in [-0.05, 0) is 48.4 Å². The molecule has 1 amide bonds. The van der Waals surface area contributed by atoms with Gasteiger partial charge in [0.15, 0.2) is 5.82 Å². The van der Waals surface area contributed by atoms with Crippen LogP contribution in [0.4, 0.5) is 5.82 Å². The van der Waals surface area contributed by atoms with Crippen LogP contribution in [0.1, 0.15) is 62.6 Å². The van der Waals surface area contributed by atoms with Gasteiger partial charge in [0.05, 0.1) is 6.20 Å². The minimum atomic E-state index is -1.22. The fourth-order valence-electron chi connectivity index (χ4n) is 5.65. The minimum absolute atomic E-state index is 0.114. The van der Waals surface area contributed by atoms with Crippen molar-refractivity contribution in [3.8, 4) is 0 Å². The van der Waals surface area contributed by atoms with Crippen molar-refractivity contribution in [2.75, 3.05) is 31.6 Å². The van der Waals surface area contributed by atoms with Crippen LogP contribution in [0.15, 0.2) is 36.5 Å². The predicted molar refractivity (Wildman–Crippen MR) is 120 cm³/mol. The Morgan fingerprint density at radius 1 is 1.10 bits per heavy atom. The maximum Gasteiger partial charge on any atom is 0.228 e. The summed E-state index contributed by atoms with van der Waals surface area (Å²) in [5.41, 5.74) is 1.37. The normalized spacial score (nSPS) is 23.8. The molecule has 1 aromatic carbocycles. The zero-order valence-corrected chi connectivity index (χ0v) is 18.9. The number of likely N-dealkylation sites (tertiary alicyclic amines) is 1. The largest absolute Gasteiger partial charge is 0.380 e. The third kappa shape index (κ3) is 3.19. The van der Waals surface area contributed by atoms with E-state index in [9.17, 15) is 9.90 Å². The summed E-state index contributed by atoms with van der Waals surface area (Å²) < 4.78 is 0. The third-order valence-corrected chi connectivity index (χ3v) is 7.72. The van der Waals surface area contributed by atoms with Gasteiger partial charge in [0.25, 0.3) is 0 Å². The summed E-state index contributed by atoms with van der Waals surface area (Å²) in [5, 5.41) is 20.9. The Morgan fingerprint density at radius 2 is 1.77 bits per heavy atom. The number of aliphatic hydroxyl groups is 1. The van der Waals surface area contributed by atoms with Crippen molar-refractivity contribution in [3.05, 3.63) is 53.2 Å². The quantitative estimate of drug-likeness (QED) is 0.804. The molecule has 6 nitrogen and oxygen atoms in total. The van der Waals surface area contributed by atoms with E-state index < -0.39 is 5.60 Å². The Bertz CT molecular complexity index is 1010. The average molecular weight is 421 g/mol. The highest BCUT2D eigenvalue weighted by Crippen LogP contribution is 2.54. The van der Waals surface area contributed by atoms with Gasteiger partial charge in [-0.1, -0.05) is 45.0 Å². The number of hydrogen-bond donors (Lipinski definition) is 1. The van der Waals surface area contributed by atoms with Crippen LogP contribution in [-0.2, 0) is 10.4 Å². The van der Waals surface area contributed by atoms with Crippen LogP contribution < -0.4 is 4.90 Å². The first-order valence-electron chi connectivity index (χ1n) is 11.3. The van der Waals surface area contributed by atoms with Crippen molar-refractivity contribution < 1.29 is 9.90 Å². The van der Waals surface area contributed by atoms with E-state index in [2.05, 4.69) is 55.0 Å². The van der Waals surface area contributed by atoms with Gasteiger partial charge in [-0.15, -0.1) is 5.10 Å². The van der Waals surface area contributed by atoms with Crippen molar-refractivity contribution in [2.45, 2.75) is 51.6 Å². The minimum Gasteiger partial charge on any atom is -0.380 e. The summed E-state index contributed by atoms with van der Waals surface area (Å²) in [6.45, 7) is 8.73. The number of benzene rings is 1. The number of carbonyl (C=O) groups is 1. The predicted octanol–water partition coefficient (Wildman–Crippen LogP) is 3.30. The summed E-state index contributed by atoms with van der Waals surface area (Å²) in [6.07, 6.45) is 4.48. The van der Waals surface area contributed by atoms with Crippen molar-refractivity contribution in [2.24, 2.45) is 10.8 Å². The lowest BCUT2D eigenvalue weighted by atomic mass is 9.62. The van der Waals surface area contributed by atoms with Crippen molar-refractivity contribution >= 4 is 11.7 Å². The van der Waals surface area contributed by atoms with Crippen molar-refractivity contribution in [3.63, 3.8) is 0 Å². The van der Waals surface area contributed by atoms with Gasteiger partial charge in [-0.25, -0.2) is 0 Å². The third-order valence-electron chi connectivity index (χ3n) is 7.72. The molecule has 0 bridgehead atoms. The van der Waals surface area contributed by atoms with Gasteiger partial charge in [0, 0.05) is 37.0 Å². The van der Waals surface area contributed by atoms with E-state index in [1.54, 1.807) is 11.1 Å². The molecule has 0 radical (unpaired) electrons. The molecule has 1 saturated carbocycles. The molecule has 31 heavy (non-hydrogen) atoms. The molecule has 2 aliphatic heterocycles. The summed E-state index contributed by atoms with van der Waals surface area (Å²) in [5.74, 6) is 1.10. The molecule has 1 aromatic heterocycles. The van der Waals surface area contributed by atoms with Crippen LogP contribution in [-0.4, -0.2) is 52.8 Å². The van der Waals surface area contributed by atoms with E-state index in [1.165, 1.54) is 5.56 Å². The molecule has 3 aliphatic rings. The SMILES string of the molecule is CC(C)c1ccc([C@](O)(c2cnnc(N3CC4(CC4)CC3=O)c2)C2(C)CN(C)C2)cc1. The zero-order chi connectivity index (χ0) is 22.0. The van der Waals surface area contributed by atoms with E-state index in [-0.39, 0.29) is 16.7 Å². The fraction of sp³-hybridized carbons (Fsp3) is 0.560. The van der Waals surface area contributed by atoms with Crippen LogP contribution in [0.3, 0.4) is 0 Å². The van der Waals surface area contributed by atoms with Crippen LogP contribution in [0.25, 0.3) is 0 Å². The fourth-order valence-corrected chi connectivity index (χ4v) is 5.65. The smallest absolute Gasteiger partial charge is 0.228 e. The van der Waals surface area contributed by atoms with Crippen LogP contribution in [0, 0.1) is 10.8 Å². The number of aromatic nitrogens is 2. The molecule has 2 aromatic rings. The Kier molecular flexibility index (Phi) is 4.54. The number of nitrogens with zero attached hydrogens (tertiary/aromatic N) is 4. The maximum absolute atomic E-state index is 12.7. The van der Waals surface area contributed by atoms with E-state index in [0.29, 0.717) is 30.3 Å². The standard InChI is InChI=1S/C25H32N4O2/c1-17(2)18-5-7-19(8-6-18)25(31,23(3)14-28(4)15-23)20-11-21(27-26-13-20)29-16-24(9-10-24)12-22(29)30/h5-8,11,13,17,31H,9-10,12,14-16H2,1-4H3/t25-/m0/s1. The second-order valence-electron chi connectivity index (χ2n) is 10.7. The molecule has 0 unspecified atom stereocenters. The monoisotopic (exact) mass is 420 g/mol. The first-order chi connectivity index (χ1) is 14.7. The zero-order valence-electron chi connectivity index (χ0n) is 18.9. The number of carbonyl (C=O) groups excluding carboxylic acids is 1. The number of rotatable bonds is 5. The average Bonchev–Trinajstić information content (AvgIpc) is 3.40. The molecule has 5 rings (SSSR count). The maximum atomic E-state index is 12.7. The molecule has 1 spiro atoms.